The molecule has 0 spiro atoms. The lowest BCUT2D eigenvalue weighted by Gasteiger charge is -2.37. The second kappa shape index (κ2) is 11.2. The minimum Gasteiger partial charge on any atom is -0.481 e. The lowest BCUT2D eigenvalue weighted by atomic mass is 9.92. The van der Waals surface area contributed by atoms with Crippen molar-refractivity contribution in [3.63, 3.8) is 0 Å². The van der Waals surface area contributed by atoms with Crippen molar-refractivity contribution in [1.29, 1.82) is 0 Å². The first-order chi connectivity index (χ1) is 15.0. The van der Waals surface area contributed by atoms with E-state index in [2.05, 4.69) is 73.5 Å². The molecule has 31 heavy (non-hydrogen) atoms. The fourth-order valence-electron chi connectivity index (χ4n) is 4.47. The van der Waals surface area contributed by atoms with E-state index in [0.29, 0.717) is 6.04 Å². The van der Waals surface area contributed by atoms with E-state index in [-0.39, 0.29) is 12.3 Å². The molecule has 2 aromatic rings. The van der Waals surface area contributed by atoms with E-state index in [1.165, 1.54) is 11.3 Å². The predicted molar refractivity (Wildman–Crippen MR) is 128 cm³/mol. The van der Waals surface area contributed by atoms with Crippen LogP contribution in [0.5, 0.6) is 0 Å². The molecule has 1 aliphatic heterocycles. The van der Waals surface area contributed by atoms with Gasteiger partial charge in [0.1, 0.15) is 0 Å². The summed E-state index contributed by atoms with van der Waals surface area (Å²) in [5.41, 5.74) is 5.64. The molecule has 1 fully saturated rings. The van der Waals surface area contributed by atoms with Crippen molar-refractivity contribution < 1.29 is 14.6 Å². The third-order valence-corrected chi connectivity index (χ3v) is 6.33. The molecule has 3 rings (SSSR count). The second-order valence-corrected chi connectivity index (χ2v) is 8.28. The summed E-state index contributed by atoms with van der Waals surface area (Å²) in [5, 5.41) is 13.0. The summed E-state index contributed by atoms with van der Waals surface area (Å²) >= 11 is 0. The summed E-state index contributed by atoms with van der Waals surface area (Å²) in [6.07, 6.45) is 4.01. The van der Waals surface area contributed by atoms with Crippen molar-refractivity contribution in [2.24, 2.45) is 0 Å². The molecule has 2 aromatic carbocycles. The van der Waals surface area contributed by atoms with Crippen LogP contribution < -0.4 is 10.2 Å². The third-order valence-electron chi connectivity index (χ3n) is 6.33. The minimum atomic E-state index is -0.752. The Balaban J connectivity index is 1.97. The molecule has 0 bridgehead atoms. The molecule has 0 aromatic heterocycles. The molecule has 0 radical (unpaired) electrons. The SMILES string of the molecule is CCc1ccc(Nc2cc([C@H](CC)CC(=O)O)ccc2N(CC)C2CCOCC2)cc1. The second-order valence-electron chi connectivity index (χ2n) is 8.28. The average molecular weight is 425 g/mol. The normalized spacial score (nSPS) is 15.5. The van der Waals surface area contributed by atoms with E-state index in [1.54, 1.807) is 0 Å². The molecule has 0 aliphatic carbocycles. The Morgan fingerprint density at radius 1 is 1.13 bits per heavy atom. The van der Waals surface area contributed by atoms with Gasteiger partial charge in [-0.2, -0.15) is 0 Å². The predicted octanol–water partition coefficient (Wildman–Crippen LogP) is 5.97. The Labute approximate surface area is 186 Å². The van der Waals surface area contributed by atoms with Crippen molar-refractivity contribution >= 4 is 23.0 Å². The van der Waals surface area contributed by atoms with Crippen LogP contribution in [0.25, 0.3) is 0 Å². The number of carboxylic acids is 1. The van der Waals surface area contributed by atoms with Gasteiger partial charge in [0.05, 0.1) is 17.8 Å². The van der Waals surface area contributed by atoms with E-state index < -0.39 is 5.97 Å². The van der Waals surface area contributed by atoms with Gasteiger partial charge in [0.15, 0.2) is 0 Å². The molecule has 5 heteroatoms. The number of carbonyl (C=O) groups is 1. The topological polar surface area (TPSA) is 61.8 Å². The molecule has 1 aliphatic rings. The van der Waals surface area contributed by atoms with Crippen molar-refractivity contribution in [1.82, 2.24) is 0 Å². The number of aliphatic carboxylic acids is 1. The smallest absolute Gasteiger partial charge is 0.303 e. The molecule has 2 N–H and O–H groups in total. The Bertz CT molecular complexity index is 844. The zero-order valence-corrected chi connectivity index (χ0v) is 19.1. The number of anilines is 3. The number of carboxylic acid groups (broad SMARTS) is 1. The summed E-state index contributed by atoms with van der Waals surface area (Å²) in [4.78, 5) is 13.8. The van der Waals surface area contributed by atoms with Crippen molar-refractivity contribution in [2.45, 2.75) is 64.8 Å². The molecular weight excluding hydrogens is 388 g/mol. The lowest BCUT2D eigenvalue weighted by Crippen LogP contribution is -2.39. The van der Waals surface area contributed by atoms with Crippen LogP contribution in [0.3, 0.4) is 0 Å². The van der Waals surface area contributed by atoms with Crippen LogP contribution in [0, 0.1) is 0 Å². The maximum Gasteiger partial charge on any atom is 0.303 e. The fourth-order valence-corrected chi connectivity index (χ4v) is 4.47. The summed E-state index contributed by atoms with van der Waals surface area (Å²) in [6.45, 7) is 8.93. The van der Waals surface area contributed by atoms with Gasteiger partial charge < -0.3 is 20.1 Å². The van der Waals surface area contributed by atoms with E-state index in [1.807, 2.05) is 0 Å². The number of hydrogen-bond donors (Lipinski definition) is 2. The van der Waals surface area contributed by atoms with Crippen LogP contribution in [0.2, 0.25) is 0 Å². The summed E-state index contributed by atoms with van der Waals surface area (Å²) in [6, 6.07) is 15.4. The standard InChI is InChI=1S/C26H36N2O3/c1-4-19-7-10-22(11-8-19)27-24-17-21(20(5-2)18-26(29)30)9-12-25(24)28(6-3)23-13-15-31-16-14-23/h7-12,17,20,23,27H,4-6,13-16,18H2,1-3H3,(H,29,30)/t20-/m1/s1. The van der Waals surface area contributed by atoms with Gasteiger partial charge in [-0.05, 0) is 73.9 Å². The first-order valence-electron chi connectivity index (χ1n) is 11.6. The highest BCUT2D eigenvalue weighted by atomic mass is 16.5. The maximum atomic E-state index is 11.4. The summed E-state index contributed by atoms with van der Waals surface area (Å²) < 4.78 is 5.58. The highest BCUT2D eigenvalue weighted by Gasteiger charge is 2.24. The Morgan fingerprint density at radius 2 is 1.84 bits per heavy atom. The first kappa shape index (κ1) is 23.1. The zero-order valence-electron chi connectivity index (χ0n) is 19.1. The van der Waals surface area contributed by atoms with Crippen LogP contribution in [-0.2, 0) is 16.0 Å². The van der Waals surface area contributed by atoms with Crippen LogP contribution in [0.15, 0.2) is 42.5 Å². The quantitative estimate of drug-likeness (QED) is 0.492. The van der Waals surface area contributed by atoms with Gasteiger partial charge in [-0.15, -0.1) is 0 Å². The molecule has 1 atom stereocenters. The largest absolute Gasteiger partial charge is 0.481 e. The number of benzene rings is 2. The molecule has 0 amide bonds. The van der Waals surface area contributed by atoms with E-state index in [4.69, 9.17) is 4.74 Å². The van der Waals surface area contributed by atoms with Crippen molar-refractivity contribution in [3.05, 3.63) is 53.6 Å². The molecule has 1 heterocycles. The molecule has 5 nitrogen and oxygen atoms in total. The van der Waals surface area contributed by atoms with Gasteiger partial charge in [0.25, 0.3) is 0 Å². The van der Waals surface area contributed by atoms with Gasteiger partial charge >= 0.3 is 5.97 Å². The van der Waals surface area contributed by atoms with Crippen molar-refractivity contribution in [2.75, 3.05) is 30.0 Å². The Kier molecular flexibility index (Phi) is 8.35. The number of aryl methyl sites for hydroxylation is 1. The number of ether oxygens (including phenoxy) is 1. The van der Waals surface area contributed by atoms with Gasteiger partial charge in [0.2, 0.25) is 0 Å². The van der Waals surface area contributed by atoms with E-state index in [9.17, 15) is 9.90 Å². The highest BCUT2D eigenvalue weighted by molar-refractivity contribution is 5.77. The van der Waals surface area contributed by atoms with E-state index >= 15 is 0 Å². The highest BCUT2D eigenvalue weighted by Crippen LogP contribution is 2.36. The molecule has 0 saturated carbocycles. The summed E-state index contributed by atoms with van der Waals surface area (Å²) in [7, 11) is 0. The van der Waals surface area contributed by atoms with Gasteiger partial charge in [-0.25, -0.2) is 0 Å². The zero-order chi connectivity index (χ0) is 22.2. The number of hydrogen-bond acceptors (Lipinski definition) is 4. The van der Waals surface area contributed by atoms with Crippen LogP contribution in [0.1, 0.15) is 63.5 Å². The maximum absolute atomic E-state index is 11.4. The van der Waals surface area contributed by atoms with Crippen LogP contribution >= 0.6 is 0 Å². The monoisotopic (exact) mass is 424 g/mol. The fraction of sp³-hybridized carbons (Fsp3) is 0.500. The Morgan fingerprint density at radius 3 is 2.42 bits per heavy atom. The molecule has 1 saturated heterocycles. The number of rotatable bonds is 10. The van der Waals surface area contributed by atoms with Gasteiger partial charge in [-0.3, -0.25) is 4.79 Å². The third kappa shape index (κ3) is 6.01. The number of nitrogens with one attached hydrogen (secondary N) is 1. The molecule has 168 valence electrons. The molecule has 0 unspecified atom stereocenters. The van der Waals surface area contributed by atoms with E-state index in [0.717, 1.165) is 62.4 Å². The molecular formula is C26H36N2O3. The Hall–Kier alpha value is -2.53. The van der Waals surface area contributed by atoms with Crippen LogP contribution in [0.4, 0.5) is 17.1 Å². The van der Waals surface area contributed by atoms with Gasteiger partial charge in [0, 0.05) is 31.5 Å². The number of nitrogens with zero attached hydrogens (tertiary/aromatic N) is 1. The minimum absolute atomic E-state index is 0.00715. The lowest BCUT2D eigenvalue weighted by molar-refractivity contribution is -0.137. The van der Waals surface area contributed by atoms with Crippen LogP contribution in [-0.4, -0.2) is 36.9 Å². The first-order valence-corrected chi connectivity index (χ1v) is 11.6. The van der Waals surface area contributed by atoms with Gasteiger partial charge in [-0.1, -0.05) is 32.0 Å². The average Bonchev–Trinajstić information content (AvgIpc) is 2.80. The summed E-state index contributed by atoms with van der Waals surface area (Å²) in [5.74, 6) is -0.745. The van der Waals surface area contributed by atoms with Crippen molar-refractivity contribution in [3.8, 4) is 0 Å².